The number of nitrogen functional groups attached to an aromatic ring is 1. The minimum atomic E-state index is -0.376. The van der Waals surface area contributed by atoms with Crippen molar-refractivity contribution in [3.05, 3.63) is 54.6 Å². The molecule has 0 radical (unpaired) electrons. The molecule has 3 nitrogen and oxygen atoms in total. The summed E-state index contributed by atoms with van der Waals surface area (Å²) in [5, 5.41) is 1.47. The molecule has 0 aliphatic carbocycles. The van der Waals surface area contributed by atoms with Gasteiger partial charge in [0.05, 0.1) is 10.4 Å². The average Bonchev–Trinajstić information content (AvgIpc) is 2.45. The van der Waals surface area contributed by atoms with E-state index < -0.39 is 0 Å². The van der Waals surface area contributed by atoms with Crippen LogP contribution < -0.4 is 5.73 Å². The molecule has 0 spiro atoms. The molecule has 0 amide bonds. The maximum atomic E-state index is 14.1. The van der Waals surface area contributed by atoms with E-state index in [4.69, 9.17) is 5.73 Å². The fraction of sp³-hybridized carbons (Fsp3) is 0. The summed E-state index contributed by atoms with van der Waals surface area (Å²) in [6.45, 7) is 0. The Morgan fingerprint density at radius 3 is 2.68 bits per heavy atom. The van der Waals surface area contributed by atoms with E-state index in [0.717, 1.165) is 10.4 Å². The number of nitrogens with zero attached hydrogens (tertiary/aromatic N) is 2. The fourth-order valence-corrected chi connectivity index (χ4v) is 2.71. The summed E-state index contributed by atoms with van der Waals surface area (Å²) < 4.78 is 14.1. The molecule has 0 fully saturated rings. The second kappa shape index (κ2) is 4.85. The molecule has 1 aromatic carbocycles. The lowest BCUT2D eigenvalue weighted by Crippen LogP contribution is -1.94. The van der Waals surface area contributed by atoms with Gasteiger partial charge in [-0.2, -0.15) is 0 Å². The van der Waals surface area contributed by atoms with Crippen LogP contribution in [0, 0.1) is 5.82 Å². The molecular weight excluding hydrogens is 261 g/mol. The highest BCUT2D eigenvalue weighted by atomic mass is 32.2. The van der Waals surface area contributed by atoms with Crippen LogP contribution in [0.3, 0.4) is 0 Å². The number of rotatable bonds is 2. The number of fused-ring (bicyclic) bond motifs is 1. The molecule has 2 heterocycles. The summed E-state index contributed by atoms with van der Waals surface area (Å²) in [5.41, 5.74) is 6.77. The number of halogens is 1. The van der Waals surface area contributed by atoms with Crippen LogP contribution >= 0.6 is 11.8 Å². The van der Waals surface area contributed by atoms with Crippen LogP contribution in [0.2, 0.25) is 0 Å². The van der Waals surface area contributed by atoms with Crippen LogP contribution in [0.5, 0.6) is 0 Å². The van der Waals surface area contributed by atoms with Gasteiger partial charge >= 0.3 is 0 Å². The van der Waals surface area contributed by atoms with E-state index in [1.807, 2.05) is 24.3 Å². The molecular formula is C14H10FN3S. The Balaban J connectivity index is 2.18. The maximum absolute atomic E-state index is 14.1. The van der Waals surface area contributed by atoms with Crippen molar-refractivity contribution >= 4 is 28.4 Å². The molecule has 0 atom stereocenters. The van der Waals surface area contributed by atoms with Gasteiger partial charge in [0.2, 0.25) is 0 Å². The summed E-state index contributed by atoms with van der Waals surface area (Å²) in [4.78, 5) is 8.86. The van der Waals surface area contributed by atoms with Crippen molar-refractivity contribution < 1.29 is 4.39 Å². The van der Waals surface area contributed by atoms with Crippen molar-refractivity contribution in [3.8, 4) is 0 Å². The maximum Gasteiger partial charge on any atom is 0.141 e. The zero-order chi connectivity index (χ0) is 13.2. The molecule has 0 unspecified atom stereocenters. The van der Waals surface area contributed by atoms with Gasteiger partial charge in [-0.3, -0.25) is 4.98 Å². The Bertz CT molecular complexity index is 731. The predicted molar refractivity (Wildman–Crippen MR) is 74.5 cm³/mol. The minimum absolute atomic E-state index is 0.376. The molecule has 2 aromatic heterocycles. The Morgan fingerprint density at radius 2 is 1.89 bits per heavy atom. The van der Waals surface area contributed by atoms with Gasteiger partial charge in [-0.15, -0.1) is 0 Å². The van der Waals surface area contributed by atoms with Gasteiger partial charge in [0.25, 0.3) is 0 Å². The van der Waals surface area contributed by atoms with Crippen LogP contribution in [-0.4, -0.2) is 9.97 Å². The number of benzene rings is 1. The first-order valence-electron chi connectivity index (χ1n) is 5.67. The SMILES string of the molecule is Nc1cc(F)c(Sc2ccccn2)c2ncccc12. The Morgan fingerprint density at radius 1 is 1.05 bits per heavy atom. The molecule has 2 N–H and O–H groups in total. The molecule has 0 bridgehead atoms. The second-order valence-electron chi connectivity index (χ2n) is 3.95. The third-order valence-corrected chi connectivity index (χ3v) is 3.72. The highest BCUT2D eigenvalue weighted by Crippen LogP contribution is 2.35. The molecule has 3 rings (SSSR count). The van der Waals surface area contributed by atoms with Crippen LogP contribution in [0.4, 0.5) is 10.1 Å². The lowest BCUT2D eigenvalue weighted by atomic mass is 10.2. The Hall–Kier alpha value is -2.14. The van der Waals surface area contributed by atoms with E-state index in [9.17, 15) is 4.39 Å². The molecule has 0 aliphatic rings. The lowest BCUT2D eigenvalue weighted by Gasteiger charge is -2.08. The number of nitrogens with two attached hydrogens (primary N) is 1. The zero-order valence-electron chi connectivity index (χ0n) is 9.88. The molecule has 19 heavy (non-hydrogen) atoms. The van der Waals surface area contributed by atoms with Gasteiger partial charge in [0, 0.05) is 23.5 Å². The fourth-order valence-electron chi connectivity index (χ4n) is 1.82. The highest BCUT2D eigenvalue weighted by Gasteiger charge is 2.13. The van der Waals surface area contributed by atoms with Crippen molar-refractivity contribution in [2.45, 2.75) is 9.92 Å². The summed E-state index contributed by atoms with van der Waals surface area (Å²) in [7, 11) is 0. The van der Waals surface area contributed by atoms with E-state index in [1.54, 1.807) is 18.5 Å². The third kappa shape index (κ3) is 2.24. The van der Waals surface area contributed by atoms with Crippen LogP contribution in [0.15, 0.2) is 58.7 Å². The van der Waals surface area contributed by atoms with Crippen molar-refractivity contribution in [1.29, 1.82) is 0 Å². The largest absolute Gasteiger partial charge is 0.398 e. The smallest absolute Gasteiger partial charge is 0.141 e. The molecule has 5 heteroatoms. The van der Waals surface area contributed by atoms with Crippen molar-refractivity contribution in [1.82, 2.24) is 9.97 Å². The van der Waals surface area contributed by atoms with E-state index in [2.05, 4.69) is 9.97 Å². The van der Waals surface area contributed by atoms with Crippen molar-refractivity contribution in [2.75, 3.05) is 5.73 Å². The van der Waals surface area contributed by atoms with E-state index in [1.165, 1.54) is 17.8 Å². The molecule has 0 saturated heterocycles. The quantitative estimate of drug-likeness (QED) is 0.725. The standard InChI is InChI=1S/C14H10FN3S/c15-10-8-11(16)9-4-3-7-18-13(9)14(10)19-12-5-1-2-6-17-12/h1-8H,16H2. The minimum Gasteiger partial charge on any atom is -0.398 e. The predicted octanol–water partition coefficient (Wildman–Crippen LogP) is 3.50. The lowest BCUT2D eigenvalue weighted by molar-refractivity contribution is 0.605. The number of pyridine rings is 2. The van der Waals surface area contributed by atoms with Gasteiger partial charge in [0.1, 0.15) is 10.8 Å². The van der Waals surface area contributed by atoms with Gasteiger partial charge in [-0.1, -0.05) is 17.8 Å². The summed E-state index contributed by atoms with van der Waals surface area (Å²) >= 11 is 1.25. The number of aromatic nitrogens is 2. The first-order valence-corrected chi connectivity index (χ1v) is 6.49. The van der Waals surface area contributed by atoms with E-state index in [-0.39, 0.29) is 5.82 Å². The third-order valence-electron chi connectivity index (χ3n) is 2.68. The van der Waals surface area contributed by atoms with Gasteiger partial charge in [0.15, 0.2) is 0 Å². The Kier molecular flexibility index (Phi) is 3.05. The Labute approximate surface area is 113 Å². The van der Waals surface area contributed by atoms with Crippen molar-refractivity contribution in [3.63, 3.8) is 0 Å². The first kappa shape index (κ1) is 11.9. The topological polar surface area (TPSA) is 51.8 Å². The van der Waals surface area contributed by atoms with Crippen LogP contribution in [0.1, 0.15) is 0 Å². The second-order valence-corrected chi connectivity index (χ2v) is 4.98. The van der Waals surface area contributed by atoms with Gasteiger partial charge < -0.3 is 5.73 Å². The van der Waals surface area contributed by atoms with Gasteiger partial charge in [-0.05, 0) is 30.3 Å². The van der Waals surface area contributed by atoms with Crippen molar-refractivity contribution in [2.24, 2.45) is 0 Å². The average molecular weight is 271 g/mol. The number of hydrogen-bond donors (Lipinski definition) is 1. The molecule has 94 valence electrons. The first-order chi connectivity index (χ1) is 9.25. The summed E-state index contributed by atoms with van der Waals surface area (Å²) in [6.07, 6.45) is 3.30. The summed E-state index contributed by atoms with van der Waals surface area (Å²) in [5.74, 6) is -0.376. The number of anilines is 1. The summed E-state index contributed by atoms with van der Waals surface area (Å²) in [6, 6.07) is 10.5. The number of hydrogen-bond acceptors (Lipinski definition) is 4. The van der Waals surface area contributed by atoms with Crippen LogP contribution in [0.25, 0.3) is 10.9 Å². The van der Waals surface area contributed by atoms with Crippen LogP contribution in [-0.2, 0) is 0 Å². The molecule has 0 aliphatic heterocycles. The van der Waals surface area contributed by atoms with Gasteiger partial charge in [-0.25, -0.2) is 9.37 Å². The molecule has 3 aromatic rings. The highest BCUT2D eigenvalue weighted by molar-refractivity contribution is 7.99. The normalized spacial score (nSPS) is 10.8. The monoisotopic (exact) mass is 271 g/mol. The van der Waals surface area contributed by atoms with E-state index >= 15 is 0 Å². The molecule has 0 saturated carbocycles. The zero-order valence-corrected chi connectivity index (χ0v) is 10.7. The van der Waals surface area contributed by atoms with E-state index in [0.29, 0.717) is 16.1 Å².